The van der Waals surface area contributed by atoms with Crippen molar-refractivity contribution in [2.45, 2.75) is 33.0 Å². The van der Waals surface area contributed by atoms with Crippen LogP contribution in [-0.4, -0.2) is 26.9 Å². The first-order valence-corrected chi connectivity index (χ1v) is 6.59. The number of ether oxygens (including phenoxy) is 1. The van der Waals surface area contributed by atoms with Crippen molar-refractivity contribution in [3.63, 3.8) is 0 Å². The minimum atomic E-state index is -0.315. The van der Waals surface area contributed by atoms with Crippen LogP contribution < -0.4 is 10.1 Å². The van der Waals surface area contributed by atoms with Gasteiger partial charge in [0.05, 0.1) is 6.20 Å². The Hall–Kier alpha value is -2.44. The monoisotopic (exact) mass is 292 g/mol. The number of nitrogens with one attached hydrogen (secondary N) is 1. The molecule has 0 aliphatic heterocycles. The highest BCUT2D eigenvalue weighted by Gasteiger charge is 2.07. The molecule has 21 heavy (non-hydrogen) atoms. The molecule has 0 unspecified atom stereocenters. The molecule has 6 nitrogen and oxygen atoms in total. The summed E-state index contributed by atoms with van der Waals surface area (Å²) in [5, 5.41) is 10.5. The molecule has 2 rings (SSSR count). The van der Waals surface area contributed by atoms with Crippen LogP contribution in [0.3, 0.4) is 0 Å². The molecule has 2 aromatic rings. The smallest absolute Gasteiger partial charge is 0.241 e. The lowest BCUT2D eigenvalue weighted by molar-refractivity contribution is -0.122. The molecular weight excluding hydrogens is 275 g/mol. The SMILES string of the molecule is CC(C)NC(=O)Cn1cc(COc2ccc(F)cc2)nn1. The fourth-order valence-corrected chi connectivity index (χ4v) is 1.68. The zero-order valence-electron chi connectivity index (χ0n) is 11.9. The minimum absolute atomic E-state index is 0.0855. The van der Waals surface area contributed by atoms with Crippen molar-refractivity contribution in [3.05, 3.63) is 42.0 Å². The van der Waals surface area contributed by atoms with Crippen molar-refractivity contribution in [2.75, 3.05) is 0 Å². The van der Waals surface area contributed by atoms with Gasteiger partial charge in [0.1, 0.15) is 30.4 Å². The highest BCUT2D eigenvalue weighted by Crippen LogP contribution is 2.12. The van der Waals surface area contributed by atoms with Crippen molar-refractivity contribution >= 4 is 5.91 Å². The van der Waals surface area contributed by atoms with Gasteiger partial charge in [0.2, 0.25) is 5.91 Å². The average Bonchev–Trinajstić information content (AvgIpc) is 2.84. The van der Waals surface area contributed by atoms with Crippen LogP contribution in [0.25, 0.3) is 0 Å². The van der Waals surface area contributed by atoms with Gasteiger partial charge < -0.3 is 10.1 Å². The summed E-state index contributed by atoms with van der Waals surface area (Å²) in [6.45, 7) is 4.10. The van der Waals surface area contributed by atoms with Crippen LogP contribution in [-0.2, 0) is 17.9 Å². The van der Waals surface area contributed by atoms with Crippen molar-refractivity contribution < 1.29 is 13.9 Å². The van der Waals surface area contributed by atoms with E-state index in [0.29, 0.717) is 11.4 Å². The van der Waals surface area contributed by atoms with E-state index in [9.17, 15) is 9.18 Å². The molecule has 0 atom stereocenters. The Kier molecular flexibility index (Phi) is 4.86. The number of hydrogen-bond acceptors (Lipinski definition) is 4. The Morgan fingerprint density at radius 1 is 1.38 bits per heavy atom. The molecule has 1 aromatic carbocycles. The van der Waals surface area contributed by atoms with Gasteiger partial charge in [0.15, 0.2) is 0 Å². The van der Waals surface area contributed by atoms with E-state index in [-0.39, 0.29) is 30.9 Å². The zero-order valence-corrected chi connectivity index (χ0v) is 11.9. The predicted molar refractivity (Wildman–Crippen MR) is 74.0 cm³/mol. The van der Waals surface area contributed by atoms with Gasteiger partial charge in [-0.3, -0.25) is 4.79 Å². The topological polar surface area (TPSA) is 69.0 Å². The highest BCUT2D eigenvalue weighted by molar-refractivity contribution is 5.75. The van der Waals surface area contributed by atoms with Crippen LogP contribution in [0.1, 0.15) is 19.5 Å². The fourth-order valence-electron chi connectivity index (χ4n) is 1.68. The van der Waals surface area contributed by atoms with E-state index in [1.165, 1.54) is 28.9 Å². The van der Waals surface area contributed by atoms with E-state index in [4.69, 9.17) is 4.74 Å². The maximum atomic E-state index is 12.7. The van der Waals surface area contributed by atoms with Crippen LogP contribution >= 0.6 is 0 Å². The first-order chi connectivity index (χ1) is 10.0. The average molecular weight is 292 g/mol. The summed E-state index contributed by atoms with van der Waals surface area (Å²) in [5.41, 5.74) is 0.594. The summed E-state index contributed by atoms with van der Waals surface area (Å²) in [6.07, 6.45) is 1.64. The second-order valence-corrected chi connectivity index (χ2v) is 4.87. The van der Waals surface area contributed by atoms with Crippen LogP contribution in [0.4, 0.5) is 4.39 Å². The summed E-state index contributed by atoms with van der Waals surface area (Å²) in [4.78, 5) is 11.6. The first kappa shape index (κ1) is 15.0. The molecule has 1 amide bonds. The maximum absolute atomic E-state index is 12.7. The van der Waals surface area contributed by atoms with E-state index in [0.717, 1.165) is 0 Å². The highest BCUT2D eigenvalue weighted by atomic mass is 19.1. The number of benzene rings is 1. The third-order valence-corrected chi connectivity index (χ3v) is 2.54. The quantitative estimate of drug-likeness (QED) is 0.876. The van der Waals surface area contributed by atoms with E-state index in [2.05, 4.69) is 15.6 Å². The van der Waals surface area contributed by atoms with Gasteiger partial charge in [0, 0.05) is 6.04 Å². The number of amides is 1. The van der Waals surface area contributed by atoms with Crippen molar-refractivity contribution in [1.29, 1.82) is 0 Å². The second kappa shape index (κ2) is 6.83. The molecule has 0 spiro atoms. The Morgan fingerprint density at radius 2 is 2.10 bits per heavy atom. The van der Waals surface area contributed by atoms with Crippen LogP contribution in [0, 0.1) is 5.82 Å². The molecule has 1 aromatic heterocycles. The summed E-state index contributed by atoms with van der Waals surface area (Å²) in [7, 11) is 0. The van der Waals surface area contributed by atoms with Gasteiger partial charge in [0.25, 0.3) is 0 Å². The molecule has 1 N–H and O–H groups in total. The standard InChI is InChI=1S/C14H17FN4O2/c1-10(2)16-14(20)8-19-7-12(17-18-19)9-21-13-5-3-11(15)4-6-13/h3-7,10H,8-9H2,1-2H3,(H,16,20). The fraction of sp³-hybridized carbons (Fsp3) is 0.357. The molecule has 1 heterocycles. The zero-order chi connectivity index (χ0) is 15.2. The lowest BCUT2D eigenvalue weighted by atomic mass is 10.3. The molecular formula is C14H17FN4O2. The molecule has 0 fully saturated rings. The van der Waals surface area contributed by atoms with Gasteiger partial charge in [-0.1, -0.05) is 5.21 Å². The third-order valence-electron chi connectivity index (χ3n) is 2.54. The molecule has 0 saturated heterocycles. The van der Waals surface area contributed by atoms with Gasteiger partial charge in [-0.25, -0.2) is 9.07 Å². The van der Waals surface area contributed by atoms with Gasteiger partial charge in [-0.15, -0.1) is 5.10 Å². The number of aromatic nitrogens is 3. The molecule has 0 bridgehead atoms. The summed E-state index contributed by atoms with van der Waals surface area (Å²) in [5.74, 6) is 0.105. The number of carbonyl (C=O) groups is 1. The minimum Gasteiger partial charge on any atom is -0.487 e. The number of nitrogens with zero attached hydrogens (tertiary/aromatic N) is 3. The lowest BCUT2D eigenvalue weighted by Crippen LogP contribution is -2.33. The van der Waals surface area contributed by atoms with Crippen LogP contribution in [0.2, 0.25) is 0 Å². The Morgan fingerprint density at radius 3 is 2.76 bits per heavy atom. The van der Waals surface area contributed by atoms with Crippen molar-refractivity contribution in [1.82, 2.24) is 20.3 Å². The lowest BCUT2D eigenvalue weighted by Gasteiger charge is -2.07. The number of hydrogen-bond donors (Lipinski definition) is 1. The summed E-state index contributed by atoms with van der Waals surface area (Å²) in [6, 6.07) is 5.80. The Labute approximate surface area is 121 Å². The van der Waals surface area contributed by atoms with Crippen molar-refractivity contribution in [3.8, 4) is 5.75 Å². The maximum Gasteiger partial charge on any atom is 0.241 e. The Bertz CT molecular complexity index is 595. The summed E-state index contributed by atoms with van der Waals surface area (Å²) < 4.78 is 19.6. The van der Waals surface area contributed by atoms with E-state index in [1.54, 1.807) is 6.20 Å². The van der Waals surface area contributed by atoms with Crippen molar-refractivity contribution in [2.24, 2.45) is 0 Å². The third kappa shape index (κ3) is 4.87. The van der Waals surface area contributed by atoms with Gasteiger partial charge in [-0.05, 0) is 38.1 Å². The number of halogens is 1. The van der Waals surface area contributed by atoms with Crippen LogP contribution in [0.15, 0.2) is 30.5 Å². The molecule has 0 saturated carbocycles. The second-order valence-electron chi connectivity index (χ2n) is 4.87. The van der Waals surface area contributed by atoms with E-state index in [1.807, 2.05) is 13.8 Å². The molecule has 0 radical (unpaired) electrons. The van der Waals surface area contributed by atoms with E-state index < -0.39 is 0 Å². The molecule has 7 heteroatoms. The molecule has 112 valence electrons. The summed E-state index contributed by atoms with van der Waals surface area (Å²) >= 11 is 0. The van der Waals surface area contributed by atoms with Gasteiger partial charge in [-0.2, -0.15) is 0 Å². The predicted octanol–water partition coefficient (Wildman–Crippen LogP) is 1.52. The van der Waals surface area contributed by atoms with E-state index >= 15 is 0 Å². The normalized spacial score (nSPS) is 10.7. The molecule has 0 aliphatic carbocycles. The largest absolute Gasteiger partial charge is 0.487 e. The van der Waals surface area contributed by atoms with Gasteiger partial charge >= 0.3 is 0 Å². The van der Waals surface area contributed by atoms with Crippen LogP contribution in [0.5, 0.6) is 5.75 Å². The molecule has 0 aliphatic rings. The Balaban J connectivity index is 1.85. The number of carbonyl (C=O) groups excluding carboxylic acids is 1. The first-order valence-electron chi connectivity index (χ1n) is 6.59. The number of rotatable bonds is 6.